The van der Waals surface area contributed by atoms with Crippen LogP contribution in [0.5, 0.6) is 23.0 Å². The number of rotatable bonds is 6. The lowest BCUT2D eigenvalue weighted by molar-refractivity contribution is 0.346. The number of ether oxygens (including phenoxy) is 4. The van der Waals surface area contributed by atoms with E-state index in [1.165, 1.54) is 36.8 Å². The van der Waals surface area contributed by atoms with Crippen LogP contribution < -0.4 is 18.9 Å². The largest absolute Gasteiger partial charge is 0.496 e. The van der Waals surface area contributed by atoms with Gasteiger partial charge in [-0.05, 0) is 97.9 Å². The second-order valence-corrected chi connectivity index (χ2v) is 8.42. The first kappa shape index (κ1) is 20.6. The van der Waals surface area contributed by atoms with E-state index >= 15 is 0 Å². The summed E-state index contributed by atoms with van der Waals surface area (Å²) in [6, 6.07) is 8.49. The van der Waals surface area contributed by atoms with Crippen molar-refractivity contribution in [2.75, 3.05) is 28.4 Å². The molecule has 0 N–H and O–H groups in total. The van der Waals surface area contributed by atoms with Crippen LogP contribution in [-0.2, 0) is 0 Å². The van der Waals surface area contributed by atoms with Crippen LogP contribution in [0, 0.1) is 25.7 Å². The minimum atomic E-state index is 0.517. The molecule has 160 valence electrons. The topological polar surface area (TPSA) is 36.9 Å². The van der Waals surface area contributed by atoms with E-state index < -0.39 is 0 Å². The van der Waals surface area contributed by atoms with Crippen LogP contribution in [0.4, 0.5) is 0 Å². The van der Waals surface area contributed by atoms with Crippen LogP contribution in [0.1, 0.15) is 47.9 Å². The van der Waals surface area contributed by atoms with Gasteiger partial charge in [-0.2, -0.15) is 0 Å². The molecule has 1 fully saturated rings. The van der Waals surface area contributed by atoms with E-state index in [2.05, 4.69) is 38.1 Å². The summed E-state index contributed by atoms with van der Waals surface area (Å²) >= 11 is 0. The molecule has 2 aromatic carbocycles. The standard InChI is InChI=1S/C26H32O4/c1-15-11-23(29-5)19(13-21(15)27-3)25-17-7-9-18(10-8-17)26(25)20-14-22(28-4)16(2)12-24(20)30-6/h11-14,17-18H,7-10H2,1-6H3. The summed E-state index contributed by atoms with van der Waals surface area (Å²) in [5, 5.41) is 0. The predicted octanol–water partition coefficient (Wildman–Crippen LogP) is 6.07. The lowest BCUT2D eigenvalue weighted by atomic mass is 9.63. The molecule has 0 saturated heterocycles. The van der Waals surface area contributed by atoms with E-state index in [9.17, 15) is 0 Å². The highest BCUT2D eigenvalue weighted by atomic mass is 16.5. The van der Waals surface area contributed by atoms with Crippen molar-refractivity contribution >= 4 is 11.1 Å². The zero-order valence-corrected chi connectivity index (χ0v) is 18.9. The van der Waals surface area contributed by atoms with Gasteiger partial charge in [0.15, 0.2) is 0 Å². The Bertz CT molecular complexity index is 902. The molecule has 0 radical (unpaired) electrons. The molecule has 0 aromatic heterocycles. The van der Waals surface area contributed by atoms with Crippen LogP contribution in [0.2, 0.25) is 0 Å². The molecule has 3 aliphatic rings. The molecule has 4 nitrogen and oxygen atoms in total. The quantitative estimate of drug-likeness (QED) is 0.581. The molecule has 0 amide bonds. The van der Waals surface area contributed by atoms with E-state index in [0.29, 0.717) is 11.8 Å². The van der Waals surface area contributed by atoms with Gasteiger partial charge in [0.05, 0.1) is 28.4 Å². The summed E-state index contributed by atoms with van der Waals surface area (Å²) in [6.45, 7) is 4.11. The van der Waals surface area contributed by atoms with Crippen molar-refractivity contribution in [3.63, 3.8) is 0 Å². The molecule has 2 aromatic rings. The Morgan fingerprint density at radius 3 is 1.17 bits per heavy atom. The van der Waals surface area contributed by atoms with Crippen molar-refractivity contribution in [1.29, 1.82) is 0 Å². The fourth-order valence-electron chi connectivity index (χ4n) is 5.36. The summed E-state index contributed by atoms with van der Waals surface area (Å²) in [5.74, 6) is 4.64. The van der Waals surface area contributed by atoms with E-state index in [1.807, 2.05) is 0 Å². The zero-order valence-electron chi connectivity index (χ0n) is 18.9. The molecule has 0 aliphatic heterocycles. The Morgan fingerprint density at radius 1 is 0.533 bits per heavy atom. The third kappa shape index (κ3) is 3.32. The van der Waals surface area contributed by atoms with E-state index in [4.69, 9.17) is 18.9 Å². The second kappa shape index (κ2) is 8.25. The minimum Gasteiger partial charge on any atom is -0.496 e. The Labute approximate surface area is 179 Å². The second-order valence-electron chi connectivity index (χ2n) is 8.42. The molecule has 3 aliphatic carbocycles. The fraction of sp³-hybridized carbons (Fsp3) is 0.462. The fourth-order valence-corrected chi connectivity index (χ4v) is 5.36. The number of hydrogen-bond donors (Lipinski definition) is 0. The average Bonchev–Trinajstić information content (AvgIpc) is 2.78. The first-order valence-electron chi connectivity index (χ1n) is 10.7. The van der Waals surface area contributed by atoms with Crippen molar-refractivity contribution < 1.29 is 18.9 Å². The number of aryl methyl sites for hydroxylation is 2. The third-order valence-electron chi connectivity index (χ3n) is 6.85. The van der Waals surface area contributed by atoms with Gasteiger partial charge in [-0.25, -0.2) is 0 Å². The molecule has 0 spiro atoms. The number of allylic oxidation sites excluding steroid dienone is 2. The summed E-state index contributed by atoms with van der Waals surface area (Å²) in [7, 11) is 6.96. The van der Waals surface area contributed by atoms with Crippen molar-refractivity contribution in [3.8, 4) is 23.0 Å². The van der Waals surface area contributed by atoms with Gasteiger partial charge in [-0.3, -0.25) is 0 Å². The monoisotopic (exact) mass is 408 g/mol. The molecule has 0 unspecified atom stereocenters. The van der Waals surface area contributed by atoms with Crippen LogP contribution in [0.25, 0.3) is 11.1 Å². The van der Waals surface area contributed by atoms with Crippen LogP contribution in [-0.4, -0.2) is 28.4 Å². The molecule has 1 saturated carbocycles. The van der Waals surface area contributed by atoms with Gasteiger partial charge in [0.1, 0.15) is 23.0 Å². The molecule has 0 heterocycles. The van der Waals surface area contributed by atoms with Crippen LogP contribution in [0.3, 0.4) is 0 Å². The van der Waals surface area contributed by atoms with Gasteiger partial charge in [-0.15, -0.1) is 0 Å². The highest BCUT2D eigenvalue weighted by Gasteiger charge is 2.38. The van der Waals surface area contributed by atoms with Crippen molar-refractivity contribution in [3.05, 3.63) is 46.5 Å². The number of fused-ring (bicyclic) bond motifs is 2. The van der Waals surface area contributed by atoms with Gasteiger partial charge in [-0.1, -0.05) is 0 Å². The van der Waals surface area contributed by atoms with Gasteiger partial charge < -0.3 is 18.9 Å². The summed E-state index contributed by atoms with van der Waals surface area (Å²) < 4.78 is 23.0. The zero-order chi connectivity index (χ0) is 21.4. The van der Waals surface area contributed by atoms with E-state index in [-0.39, 0.29) is 0 Å². The normalized spacial score (nSPS) is 20.3. The first-order valence-corrected chi connectivity index (χ1v) is 10.7. The van der Waals surface area contributed by atoms with E-state index in [1.54, 1.807) is 28.4 Å². The van der Waals surface area contributed by atoms with Crippen molar-refractivity contribution in [2.45, 2.75) is 39.5 Å². The number of benzene rings is 2. The molecule has 30 heavy (non-hydrogen) atoms. The summed E-state index contributed by atoms with van der Waals surface area (Å²) in [5.41, 5.74) is 7.22. The number of methoxy groups -OCH3 is 4. The van der Waals surface area contributed by atoms with Crippen LogP contribution in [0.15, 0.2) is 24.3 Å². The van der Waals surface area contributed by atoms with Gasteiger partial charge in [0.25, 0.3) is 0 Å². The molecule has 2 bridgehead atoms. The maximum absolute atomic E-state index is 5.85. The summed E-state index contributed by atoms with van der Waals surface area (Å²) in [4.78, 5) is 0. The first-order chi connectivity index (χ1) is 14.5. The predicted molar refractivity (Wildman–Crippen MR) is 121 cm³/mol. The Balaban J connectivity index is 2.03. The lowest BCUT2D eigenvalue weighted by Crippen LogP contribution is -2.25. The maximum atomic E-state index is 5.85. The van der Waals surface area contributed by atoms with Crippen LogP contribution >= 0.6 is 0 Å². The van der Waals surface area contributed by atoms with Crippen molar-refractivity contribution in [2.24, 2.45) is 11.8 Å². The third-order valence-corrected chi connectivity index (χ3v) is 6.85. The summed E-state index contributed by atoms with van der Waals surface area (Å²) in [6.07, 6.45) is 4.87. The molecule has 0 atom stereocenters. The Morgan fingerprint density at radius 2 is 0.867 bits per heavy atom. The minimum absolute atomic E-state index is 0.517. The smallest absolute Gasteiger partial charge is 0.126 e. The maximum Gasteiger partial charge on any atom is 0.126 e. The highest BCUT2D eigenvalue weighted by molar-refractivity contribution is 5.97. The van der Waals surface area contributed by atoms with Gasteiger partial charge in [0, 0.05) is 11.1 Å². The average molecular weight is 409 g/mol. The van der Waals surface area contributed by atoms with E-state index in [0.717, 1.165) is 45.3 Å². The van der Waals surface area contributed by atoms with Gasteiger partial charge in [0.2, 0.25) is 0 Å². The highest BCUT2D eigenvalue weighted by Crippen LogP contribution is 2.56. The molecular formula is C26H32O4. The number of hydrogen-bond acceptors (Lipinski definition) is 4. The lowest BCUT2D eigenvalue weighted by Gasteiger charge is -2.41. The molecule has 5 rings (SSSR count). The molecule has 4 heteroatoms. The molecular weight excluding hydrogens is 376 g/mol. The Hall–Kier alpha value is -2.62. The SMILES string of the molecule is COc1cc(C2=C(c3cc(OC)c(C)cc3OC)C3CCC2CC3)c(OC)cc1C. The van der Waals surface area contributed by atoms with Crippen molar-refractivity contribution in [1.82, 2.24) is 0 Å². The van der Waals surface area contributed by atoms with Gasteiger partial charge >= 0.3 is 0 Å². The Kier molecular flexibility index (Phi) is 5.68.